The van der Waals surface area contributed by atoms with Gasteiger partial charge in [0.25, 0.3) is 0 Å². The van der Waals surface area contributed by atoms with Gasteiger partial charge in [-0.2, -0.15) is 0 Å². The molecule has 1 fully saturated rings. The molecule has 1 nitrogen and oxygen atoms in total. The van der Waals surface area contributed by atoms with Crippen molar-refractivity contribution in [2.75, 3.05) is 6.61 Å². The molecule has 0 aromatic rings. The first-order valence-corrected chi connectivity index (χ1v) is 3.33. The van der Waals surface area contributed by atoms with Crippen molar-refractivity contribution in [1.82, 2.24) is 0 Å². The van der Waals surface area contributed by atoms with E-state index >= 15 is 0 Å². The van der Waals surface area contributed by atoms with E-state index < -0.39 is 10.5 Å². The van der Waals surface area contributed by atoms with E-state index in [1.54, 1.807) is 13.8 Å². The van der Waals surface area contributed by atoms with Crippen molar-refractivity contribution in [2.24, 2.45) is 11.3 Å². The largest absolute Gasteiger partial charge is 0.396 e. The highest BCUT2D eigenvalue weighted by molar-refractivity contribution is 6.25. The molecular weight excluding hydrogens is 143 g/mol. The fourth-order valence-corrected chi connectivity index (χ4v) is 1.45. The van der Waals surface area contributed by atoms with E-state index in [0.717, 1.165) is 0 Å². The minimum Gasteiger partial charge on any atom is -0.396 e. The number of aliphatic hydroxyl groups excluding tert-OH is 1. The molecule has 0 spiro atoms. The van der Waals surface area contributed by atoms with Crippen LogP contribution in [0.4, 0.5) is 4.39 Å². The van der Waals surface area contributed by atoms with Crippen LogP contribution in [0.15, 0.2) is 0 Å². The maximum Gasteiger partial charge on any atom is 0.194 e. The summed E-state index contributed by atoms with van der Waals surface area (Å²) in [5.74, 6) is -0.225. The Hall–Kier alpha value is 0.180. The Bertz CT molecular complexity index is 137. The van der Waals surface area contributed by atoms with Crippen LogP contribution in [-0.4, -0.2) is 16.8 Å². The summed E-state index contributed by atoms with van der Waals surface area (Å²) in [5.41, 5.74) is -0.700. The summed E-state index contributed by atoms with van der Waals surface area (Å²) >= 11 is 5.37. The van der Waals surface area contributed by atoms with Gasteiger partial charge in [0.2, 0.25) is 0 Å². The molecule has 0 aliphatic heterocycles. The maximum atomic E-state index is 12.8. The highest BCUT2D eigenvalue weighted by Crippen LogP contribution is 2.66. The van der Waals surface area contributed by atoms with Crippen LogP contribution in [-0.2, 0) is 0 Å². The topological polar surface area (TPSA) is 20.2 Å². The van der Waals surface area contributed by atoms with Crippen LogP contribution in [0.5, 0.6) is 0 Å². The Morgan fingerprint density at radius 2 is 2.11 bits per heavy atom. The third-order valence-corrected chi connectivity index (χ3v) is 3.27. The molecule has 1 saturated carbocycles. The quantitative estimate of drug-likeness (QED) is 0.566. The van der Waals surface area contributed by atoms with Crippen molar-refractivity contribution in [3.8, 4) is 0 Å². The van der Waals surface area contributed by atoms with E-state index in [4.69, 9.17) is 16.7 Å². The molecule has 3 atom stereocenters. The molecule has 0 aromatic heterocycles. The van der Waals surface area contributed by atoms with Crippen LogP contribution in [0, 0.1) is 11.3 Å². The Labute approximate surface area is 58.8 Å². The van der Waals surface area contributed by atoms with Crippen molar-refractivity contribution >= 4 is 11.6 Å². The van der Waals surface area contributed by atoms with Crippen molar-refractivity contribution in [3.05, 3.63) is 0 Å². The van der Waals surface area contributed by atoms with Gasteiger partial charge in [0.1, 0.15) is 0 Å². The summed E-state index contributed by atoms with van der Waals surface area (Å²) in [4.78, 5) is 0. The number of aliphatic hydroxyl groups is 1. The molecule has 9 heavy (non-hydrogen) atoms. The van der Waals surface area contributed by atoms with Crippen molar-refractivity contribution in [1.29, 1.82) is 0 Å². The highest BCUT2D eigenvalue weighted by atomic mass is 35.5. The van der Waals surface area contributed by atoms with Gasteiger partial charge in [0.15, 0.2) is 5.13 Å². The minimum atomic E-state index is -1.66. The van der Waals surface area contributed by atoms with Crippen LogP contribution >= 0.6 is 11.6 Å². The van der Waals surface area contributed by atoms with Gasteiger partial charge >= 0.3 is 0 Å². The molecule has 3 heteroatoms. The normalized spacial score (nSPS) is 57.7. The minimum absolute atomic E-state index is 0.172. The molecule has 0 amide bonds. The molecule has 0 bridgehead atoms. The van der Waals surface area contributed by atoms with Gasteiger partial charge in [0, 0.05) is 11.3 Å². The fourth-order valence-electron chi connectivity index (χ4n) is 1.05. The predicted molar refractivity (Wildman–Crippen MR) is 34.0 cm³/mol. The molecule has 1 aliphatic rings. The first-order chi connectivity index (χ1) is 3.97. The van der Waals surface area contributed by atoms with Crippen molar-refractivity contribution in [3.63, 3.8) is 0 Å². The highest BCUT2D eigenvalue weighted by Gasteiger charge is 2.72. The monoisotopic (exact) mass is 152 g/mol. The average Bonchev–Trinajstić information content (AvgIpc) is 2.16. The summed E-state index contributed by atoms with van der Waals surface area (Å²) in [6.45, 7) is 3.17. The lowest BCUT2D eigenvalue weighted by Gasteiger charge is -2.03. The number of hydrogen-bond acceptors (Lipinski definition) is 1. The molecule has 1 aliphatic carbocycles. The molecule has 1 rings (SSSR count). The smallest absolute Gasteiger partial charge is 0.194 e. The van der Waals surface area contributed by atoms with Crippen molar-refractivity contribution < 1.29 is 9.50 Å². The summed E-state index contributed by atoms with van der Waals surface area (Å²) < 4.78 is 12.8. The van der Waals surface area contributed by atoms with Crippen LogP contribution in [0.3, 0.4) is 0 Å². The molecule has 0 aromatic carbocycles. The zero-order chi connectivity index (χ0) is 7.28. The van der Waals surface area contributed by atoms with E-state index in [-0.39, 0.29) is 12.5 Å². The van der Waals surface area contributed by atoms with Gasteiger partial charge in [-0.1, -0.05) is 25.4 Å². The number of halogens is 2. The van der Waals surface area contributed by atoms with E-state index in [2.05, 4.69) is 0 Å². The zero-order valence-corrected chi connectivity index (χ0v) is 6.24. The molecule has 54 valence electrons. The first-order valence-electron chi connectivity index (χ1n) is 2.95. The number of rotatable bonds is 1. The first kappa shape index (κ1) is 7.29. The fraction of sp³-hybridized carbons (Fsp3) is 1.00. The summed E-state index contributed by atoms with van der Waals surface area (Å²) in [7, 11) is 0. The average molecular weight is 153 g/mol. The van der Waals surface area contributed by atoms with Crippen molar-refractivity contribution in [2.45, 2.75) is 19.0 Å². The van der Waals surface area contributed by atoms with Gasteiger partial charge in [-0.15, -0.1) is 0 Å². The SMILES string of the molecule is C[C@H]1[C@](C)(CO)[C@]1(F)Cl. The second-order valence-corrected chi connectivity index (χ2v) is 3.47. The van der Waals surface area contributed by atoms with Gasteiger partial charge in [-0.25, -0.2) is 4.39 Å². The molecule has 0 unspecified atom stereocenters. The lowest BCUT2D eigenvalue weighted by molar-refractivity contribution is 0.185. The standard InChI is InChI=1S/C6H10ClFO/c1-4-5(2,3-9)6(4,7)8/h4,9H,3H2,1-2H3/t4-,5-,6-/m0/s1. The van der Waals surface area contributed by atoms with E-state index in [0.29, 0.717) is 0 Å². The summed E-state index contributed by atoms with van der Waals surface area (Å²) in [6.07, 6.45) is 0. The number of hydrogen-bond donors (Lipinski definition) is 1. The van der Waals surface area contributed by atoms with E-state index in [1.165, 1.54) is 0 Å². The third-order valence-electron chi connectivity index (χ3n) is 2.51. The third kappa shape index (κ3) is 0.635. The molecule has 0 heterocycles. The molecular formula is C6H10ClFO. The van der Waals surface area contributed by atoms with Gasteiger partial charge in [-0.05, 0) is 0 Å². The summed E-state index contributed by atoms with van der Waals surface area (Å²) in [6, 6.07) is 0. The van der Waals surface area contributed by atoms with Crippen LogP contribution in [0.2, 0.25) is 0 Å². The molecule has 1 N–H and O–H groups in total. The Kier molecular flexibility index (Phi) is 1.30. The summed E-state index contributed by atoms with van der Waals surface area (Å²) in [5, 5.41) is 6.98. The van der Waals surface area contributed by atoms with Crippen LogP contribution in [0.25, 0.3) is 0 Å². The van der Waals surface area contributed by atoms with E-state index in [9.17, 15) is 4.39 Å². The maximum absolute atomic E-state index is 12.8. The van der Waals surface area contributed by atoms with Gasteiger partial charge in [-0.3, -0.25) is 0 Å². The van der Waals surface area contributed by atoms with Gasteiger partial charge < -0.3 is 5.11 Å². The second-order valence-electron chi connectivity index (χ2n) is 2.92. The lowest BCUT2D eigenvalue weighted by Crippen LogP contribution is -2.09. The molecule has 0 radical (unpaired) electrons. The van der Waals surface area contributed by atoms with Crippen LogP contribution < -0.4 is 0 Å². The van der Waals surface area contributed by atoms with E-state index in [1.807, 2.05) is 0 Å². The number of alkyl halides is 2. The Morgan fingerprint density at radius 1 is 1.78 bits per heavy atom. The Balaban J connectivity index is 2.70. The van der Waals surface area contributed by atoms with Crippen LogP contribution in [0.1, 0.15) is 13.8 Å². The lowest BCUT2D eigenvalue weighted by atomic mass is 10.1. The molecule has 0 saturated heterocycles. The Morgan fingerprint density at radius 3 is 2.11 bits per heavy atom. The predicted octanol–water partition coefficient (Wildman–Crippen LogP) is 1.54. The zero-order valence-electron chi connectivity index (χ0n) is 5.49. The van der Waals surface area contributed by atoms with Gasteiger partial charge in [0.05, 0.1) is 6.61 Å². The second kappa shape index (κ2) is 1.61.